The third kappa shape index (κ3) is 3.43. The van der Waals surface area contributed by atoms with E-state index in [0.717, 1.165) is 11.6 Å². The minimum Gasteiger partial charge on any atom is -0.453 e. The van der Waals surface area contributed by atoms with E-state index in [-0.39, 0.29) is 22.2 Å². The summed E-state index contributed by atoms with van der Waals surface area (Å²) in [6.45, 7) is 1.50. The third-order valence-corrected chi connectivity index (χ3v) is 3.42. The van der Waals surface area contributed by atoms with Crippen molar-refractivity contribution >= 4 is 28.9 Å². The molecule has 0 N–H and O–H groups in total. The predicted molar refractivity (Wildman–Crippen MR) is 78.9 cm³/mol. The van der Waals surface area contributed by atoms with Crippen molar-refractivity contribution in [3.8, 4) is 11.5 Å². The van der Waals surface area contributed by atoms with Crippen LogP contribution in [-0.2, 0) is 5.88 Å². The van der Waals surface area contributed by atoms with Crippen molar-refractivity contribution in [1.82, 2.24) is 0 Å². The molecule has 0 aliphatic carbocycles. The molecular weight excluding hydrogens is 320 g/mol. The molecule has 2 rings (SSSR count). The molecule has 0 bridgehead atoms. The summed E-state index contributed by atoms with van der Waals surface area (Å²) < 4.78 is 19.2. The standard InChI is InChI=1S/C14H10Cl2FNO3/c1-8-4-14(11(17)6-12(8)18(19)20)21-13-3-2-9(7-15)5-10(13)16/h2-6H,7H2,1H3. The van der Waals surface area contributed by atoms with Crippen LogP contribution in [0.1, 0.15) is 11.1 Å². The molecule has 0 saturated carbocycles. The zero-order chi connectivity index (χ0) is 15.6. The lowest BCUT2D eigenvalue weighted by Crippen LogP contribution is -1.96. The summed E-state index contributed by atoms with van der Waals surface area (Å²) in [6, 6.07) is 6.96. The van der Waals surface area contributed by atoms with Gasteiger partial charge in [0.2, 0.25) is 0 Å². The van der Waals surface area contributed by atoms with Crippen LogP contribution in [0.3, 0.4) is 0 Å². The lowest BCUT2D eigenvalue weighted by Gasteiger charge is -2.10. The summed E-state index contributed by atoms with van der Waals surface area (Å²) in [7, 11) is 0. The maximum atomic E-state index is 13.9. The molecular formula is C14H10Cl2FNO3. The fraction of sp³-hybridized carbons (Fsp3) is 0.143. The number of halogens is 3. The Balaban J connectivity index is 2.36. The highest BCUT2D eigenvalue weighted by molar-refractivity contribution is 6.32. The van der Waals surface area contributed by atoms with Crippen molar-refractivity contribution in [2.45, 2.75) is 12.8 Å². The van der Waals surface area contributed by atoms with Gasteiger partial charge in [-0.1, -0.05) is 17.7 Å². The van der Waals surface area contributed by atoms with Gasteiger partial charge in [0.05, 0.1) is 16.0 Å². The van der Waals surface area contributed by atoms with Crippen LogP contribution in [0, 0.1) is 22.9 Å². The summed E-state index contributed by atoms with van der Waals surface area (Å²) in [5.74, 6) is -0.411. The summed E-state index contributed by atoms with van der Waals surface area (Å²) in [6.07, 6.45) is 0. The van der Waals surface area contributed by atoms with Gasteiger partial charge in [0.15, 0.2) is 11.6 Å². The van der Waals surface area contributed by atoms with Gasteiger partial charge in [-0.05, 0) is 30.7 Å². The van der Waals surface area contributed by atoms with Gasteiger partial charge in [0.25, 0.3) is 5.69 Å². The molecule has 0 heterocycles. The molecule has 4 nitrogen and oxygen atoms in total. The van der Waals surface area contributed by atoms with Crippen LogP contribution in [0.15, 0.2) is 30.3 Å². The van der Waals surface area contributed by atoms with Crippen LogP contribution in [0.4, 0.5) is 10.1 Å². The maximum Gasteiger partial charge on any atom is 0.275 e. The fourth-order valence-electron chi connectivity index (χ4n) is 1.75. The highest BCUT2D eigenvalue weighted by Crippen LogP contribution is 2.34. The van der Waals surface area contributed by atoms with E-state index in [2.05, 4.69) is 0 Å². The Hall–Kier alpha value is -1.85. The number of hydrogen-bond donors (Lipinski definition) is 0. The Labute approximate surface area is 130 Å². The third-order valence-electron chi connectivity index (χ3n) is 2.82. The molecule has 0 atom stereocenters. The average Bonchev–Trinajstić information content (AvgIpc) is 2.44. The summed E-state index contributed by atoms with van der Waals surface area (Å²) >= 11 is 11.7. The van der Waals surface area contributed by atoms with E-state index >= 15 is 0 Å². The van der Waals surface area contributed by atoms with Gasteiger partial charge in [0.1, 0.15) is 5.75 Å². The number of nitro benzene ring substituents is 1. The number of rotatable bonds is 4. The second-order valence-corrected chi connectivity index (χ2v) is 5.00. The molecule has 7 heteroatoms. The first-order valence-electron chi connectivity index (χ1n) is 5.89. The van der Waals surface area contributed by atoms with Crippen molar-refractivity contribution in [2.24, 2.45) is 0 Å². The first kappa shape index (κ1) is 15.5. The van der Waals surface area contributed by atoms with Gasteiger partial charge in [-0.3, -0.25) is 10.1 Å². The zero-order valence-electron chi connectivity index (χ0n) is 10.9. The van der Waals surface area contributed by atoms with Crippen LogP contribution < -0.4 is 4.74 Å². The molecule has 21 heavy (non-hydrogen) atoms. The lowest BCUT2D eigenvalue weighted by molar-refractivity contribution is -0.385. The van der Waals surface area contributed by atoms with Gasteiger partial charge >= 0.3 is 0 Å². The van der Waals surface area contributed by atoms with Gasteiger partial charge < -0.3 is 4.74 Å². The molecule has 2 aromatic rings. The number of ether oxygens (including phenoxy) is 1. The Bertz CT molecular complexity index is 707. The van der Waals surface area contributed by atoms with E-state index < -0.39 is 10.7 Å². The van der Waals surface area contributed by atoms with E-state index in [0.29, 0.717) is 11.4 Å². The monoisotopic (exact) mass is 329 g/mol. The number of alkyl halides is 1. The Morgan fingerprint density at radius 3 is 2.57 bits per heavy atom. The predicted octanol–water partition coefficient (Wildman–Crippen LogP) is 5.23. The molecule has 0 radical (unpaired) electrons. The van der Waals surface area contributed by atoms with Crippen LogP contribution in [-0.4, -0.2) is 4.92 Å². The van der Waals surface area contributed by atoms with Crippen LogP contribution in [0.5, 0.6) is 11.5 Å². The van der Waals surface area contributed by atoms with Gasteiger partial charge in [-0.2, -0.15) is 0 Å². The fourth-order valence-corrected chi connectivity index (χ4v) is 2.16. The first-order valence-corrected chi connectivity index (χ1v) is 6.80. The topological polar surface area (TPSA) is 52.4 Å². The quantitative estimate of drug-likeness (QED) is 0.438. The Kier molecular flexibility index (Phi) is 4.65. The van der Waals surface area contributed by atoms with E-state index in [1.165, 1.54) is 13.0 Å². The molecule has 2 aromatic carbocycles. The lowest BCUT2D eigenvalue weighted by atomic mass is 10.2. The molecule has 0 aliphatic rings. The normalized spacial score (nSPS) is 10.5. The summed E-state index contributed by atoms with van der Waals surface area (Å²) in [5.41, 5.74) is 0.794. The molecule has 0 aliphatic heterocycles. The van der Waals surface area contributed by atoms with E-state index in [1.807, 2.05) is 0 Å². The highest BCUT2D eigenvalue weighted by atomic mass is 35.5. The van der Waals surface area contributed by atoms with E-state index in [1.54, 1.807) is 18.2 Å². The molecule has 0 aromatic heterocycles. The van der Waals surface area contributed by atoms with Crippen molar-refractivity contribution in [3.63, 3.8) is 0 Å². The SMILES string of the molecule is Cc1cc(Oc2ccc(CCl)cc2Cl)c(F)cc1[N+](=O)[O-]. The molecule has 0 fully saturated rings. The zero-order valence-corrected chi connectivity index (χ0v) is 12.4. The highest BCUT2D eigenvalue weighted by Gasteiger charge is 2.17. The van der Waals surface area contributed by atoms with Crippen LogP contribution in [0.2, 0.25) is 5.02 Å². The molecule has 0 saturated heterocycles. The second kappa shape index (κ2) is 6.28. The van der Waals surface area contributed by atoms with Crippen molar-refractivity contribution < 1.29 is 14.1 Å². The smallest absolute Gasteiger partial charge is 0.275 e. The van der Waals surface area contributed by atoms with Gasteiger partial charge in [0, 0.05) is 11.4 Å². The van der Waals surface area contributed by atoms with Gasteiger partial charge in [-0.25, -0.2) is 4.39 Å². The summed E-state index contributed by atoms with van der Waals surface area (Å²) in [5, 5.41) is 11.0. The number of hydrogen-bond acceptors (Lipinski definition) is 3. The van der Waals surface area contributed by atoms with Crippen LogP contribution >= 0.6 is 23.2 Å². The molecule has 0 spiro atoms. The molecule has 0 unspecified atom stereocenters. The number of nitrogens with zero attached hydrogens (tertiary/aromatic N) is 1. The van der Waals surface area contributed by atoms with Crippen LogP contribution in [0.25, 0.3) is 0 Å². The Morgan fingerprint density at radius 2 is 2.00 bits per heavy atom. The number of aryl methyl sites for hydroxylation is 1. The van der Waals surface area contributed by atoms with Crippen molar-refractivity contribution in [1.29, 1.82) is 0 Å². The van der Waals surface area contributed by atoms with E-state index in [9.17, 15) is 14.5 Å². The Morgan fingerprint density at radius 1 is 1.29 bits per heavy atom. The van der Waals surface area contributed by atoms with Crippen molar-refractivity contribution in [3.05, 3.63) is 62.4 Å². The maximum absolute atomic E-state index is 13.9. The second-order valence-electron chi connectivity index (χ2n) is 4.33. The average molecular weight is 330 g/mol. The van der Waals surface area contributed by atoms with E-state index in [4.69, 9.17) is 27.9 Å². The minimum absolute atomic E-state index is 0.126. The number of nitro groups is 1. The van der Waals surface area contributed by atoms with Crippen molar-refractivity contribution in [2.75, 3.05) is 0 Å². The minimum atomic E-state index is -0.829. The van der Waals surface area contributed by atoms with Gasteiger partial charge in [-0.15, -0.1) is 11.6 Å². The first-order chi connectivity index (χ1) is 9.92. The summed E-state index contributed by atoms with van der Waals surface area (Å²) in [4.78, 5) is 10.1. The number of benzene rings is 2. The molecule has 0 amide bonds. The largest absolute Gasteiger partial charge is 0.453 e. The molecule has 110 valence electrons.